The monoisotopic (exact) mass is 525 g/mol. The number of carbonyl (C=O) groups is 3. The van der Waals surface area contributed by atoms with Crippen molar-refractivity contribution >= 4 is 40.5 Å². The summed E-state index contributed by atoms with van der Waals surface area (Å²) < 4.78 is 16.5. The lowest BCUT2D eigenvalue weighted by molar-refractivity contribution is -0.136. The van der Waals surface area contributed by atoms with Crippen LogP contribution in [-0.2, 0) is 9.59 Å². The van der Waals surface area contributed by atoms with Crippen molar-refractivity contribution in [2.75, 3.05) is 18.5 Å². The van der Waals surface area contributed by atoms with Gasteiger partial charge in [-0.1, -0.05) is 30.3 Å². The molecule has 2 N–H and O–H groups in total. The van der Waals surface area contributed by atoms with Crippen LogP contribution in [0, 0.1) is 0 Å². The van der Waals surface area contributed by atoms with Crippen LogP contribution in [0.3, 0.4) is 0 Å². The van der Waals surface area contributed by atoms with Crippen LogP contribution in [0.15, 0.2) is 90.0 Å². The van der Waals surface area contributed by atoms with Gasteiger partial charge in [-0.25, -0.2) is 10.2 Å². The summed E-state index contributed by atoms with van der Waals surface area (Å²) in [5, 5.41) is 8.07. The Morgan fingerprint density at radius 2 is 1.41 bits per heavy atom. The second kappa shape index (κ2) is 12.9. The van der Waals surface area contributed by atoms with Crippen molar-refractivity contribution in [2.24, 2.45) is 5.10 Å². The lowest BCUT2D eigenvalue weighted by atomic mass is 10.0. The quantitative estimate of drug-likeness (QED) is 0.105. The molecule has 0 aliphatic carbocycles. The largest absolute Gasteiger partial charge is 0.494 e. The number of hydrazone groups is 1. The zero-order valence-electron chi connectivity index (χ0n) is 21.5. The van der Waals surface area contributed by atoms with Crippen LogP contribution in [-0.4, -0.2) is 37.2 Å². The third-order valence-electron chi connectivity index (χ3n) is 5.52. The Labute approximate surface area is 225 Å². The van der Waals surface area contributed by atoms with Crippen LogP contribution in [0.4, 0.5) is 5.69 Å². The number of rotatable bonds is 9. The van der Waals surface area contributed by atoms with E-state index < -0.39 is 17.8 Å². The Bertz CT molecular complexity index is 1500. The fraction of sp³-hybridized carbons (Fsp3) is 0.133. The minimum Gasteiger partial charge on any atom is -0.494 e. The van der Waals surface area contributed by atoms with Gasteiger partial charge in [0.15, 0.2) is 0 Å². The third kappa shape index (κ3) is 6.98. The van der Waals surface area contributed by atoms with Gasteiger partial charge in [0.25, 0.3) is 0 Å². The van der Waals surface area contributed by atoms with Crippen molar-refractivity contribution in [2.45, 2.75) is 13.8 Å². The van der Waals surface area contributed by atoms with Crippen molar-refractivity contribution in [1.82, 2.24) is 5.43 Å². The van der Waals surface area contributed by atoms with Crippen LogP contribution < -0.4 is 25.0 Å². The molecular formula is C30H27N3O6. The molecular weight excluding hydrogens is 498 g/mol. The highest BCUT2D eigenvalue weighted by atomic mass is 16.5. The molecule has 9 heteroatoms. The number of hydrogen-bond donors (Lipinski definition) is 2. The van der Waals surface area contributed by atoms with Gasteiger partial charge in [0.2, 0.25) is 0 Å². The molecule has 0 heterocycles. The molecule has 0 fully saturated rings. The topological polar surface area (TPSA) is 115 Å². The summed E-state index contributed by atoms with van der Waals surface area (Å²) in [6, 6.07) is 24.2. The molecule has 4 aromatic rings. The van der Waals surface area contributed by atoms with E-state index in [2.05, 4.69) is 15.8 Å². The number of fused-ring (bicyclic) bond motifs is 1. The zero-order valence-corrected chi connectivity index (χ0v) is 21.5. The maximum Gasteiger partial charge on any atom is 0.343 e. The van der Waals surface area contributed by atoms with E-state index in [4.69, 9.17) is 14.2 Å². The Hall–Kier alpha value is -5.18. The molecule has 39 heavy (non-hydrogen) atoms. The molecule has 4 rings (SSSR count). The zero-order chi connectivity index (χ0) is 27.6. The van der Waals surface area contributed by atoms with Gasteiger partial charge in [0.05, 0.1) is 25.0 Å². The number of hydrogen-bond acceptors (Lipinski definition) is 7. The summed E-state index contributed by atoms with van der Waals surface area (Å²) in [4.78, 5) is 37.5. The van der Waals surface area contributed by atoms with Gasteiger partial charge in [0, 0.05) is 11.3 Å². The number of carbonyl (C=O) groups excluding carboxylic acids is 3. The molecule has 198 valence electrons. The van der Waals surface area contributed by atoms with E-state index in [1.807, 2.05) is 44.2 Å². The van der Waals surface area contributed by atoms with Crippen LogP contribution in [0.5, 0.6) is 17.2 Å². The highest BCUT2D eigenvalue weighted by molar-refractivity contribution is 6.39. The van der Waals surface area contributed by atoms with E-state index in [0.29, 0.717) is 41.5 Å². The highest BCUT2D eigenvalue weighted by Crippen LogP contribution is 2.27. The van der Waals surface area contributed by atoms with Crippen molar-refractivity contribution in [3.8, 4) is 17.2 Å². The summed E-state index contributed by atoms with van der Waals surface area (Å²) in [6.45, 7) is 4.78. The van der Waals surface area contributed by atoms with Gasteiger partial charge in [-0.05, 0) is 79.2 Å². The molecule has 2 amide bonds. The standard InChI is InChI=1S/C30H27N3O6/c1-3-37-23-14-9-21(10-15-23)30(36)39-27-18-11-20-7-5-6-8-25(20)26(27)19-31-33-29(35)28(34)32-22-12-16-24(17-13-22)38-4-2/h5-19H,3-4H2,1-2H3,(H,32,34)(H,33,35). The maximum atomic E-state index is 12.8. The average molecular weight is 526 g/mol. The number of nitrogens with one attached hydrogen (secondary N) is 2. The fourth-order valence-corrected chi connectivity index (χ4v) is 3.71. The van der Waals surface area contributed by atoms with Crippen LogP contribution in [0.25, 0.3) is 10.8 Å². The van der Waals surface area contributed by atoms with Crippen molar-refractivity contribution < 1.29 is 28.6 Å². The minimum atomic E-state index is -0.965. The highest BCUT2D eigenvalue weighted by Gasteiger charge is 2.15. The normalized spacial score (nSPS) is 10.7. The first kappa shape index (κ1) is 26.9. The summed E-state index contributed by atoms with van der Waals surface area (Å²) in [7, 11) is 0. The molecule has 0 aliphatic rings. The number of ether oxygens (including phenoxy) is 3. The van der Waals surface area contributed by atoms with Gasteiger partial charge < -0.3 is 19.5 Å². The molecule has 0 radical (unpaired) electrons. The second-order valence-electron chi connectivity index (χ2n) is 8.16. The average Bonchev–Trinajstić information content (AvgIpc) is 2.95. The first-order valence-electron chi connectivity index (χ1n) is 12.3. The van der Waals surface area contributed by atoms with Crippen LogP contribution >= 0.6 is 0 Å². The Morgan fingerprint density at radius 1 is 0.769 bits per heavy atom. The molecule has 0 saturated carbocycles. The number of amides is 2. The molecule has 9 nitrogen and oxygen atoms in total. The molecule has 0 unspecified atom stereocenters. The summed E-state index contributed by atoms with van der Waals surface area (Å²) in [5.41, 5.74) is 3.45. The van der Waals surface area contributed by atoms with Crippen molar-refractivity contribution in [3.05, 3.63) is 96.1 Å². The second-order valence-corrected chi connectivity index (χ2v) is 8.16. The lowest BCUT2D eigenvalue weighted by Gasteiger charge is -2.11. The van der Waals surface area contributed by atoms with E-state index in [9.17, 15) is 14.4 Å². The first-order valence-corrected chi connectivity index (χ1v) is 12.3. The van der Waals surface area contributed by atoms with E-state index in [1.54, 1.807) is 54.6 Å². The molecule has 0 spiro atoms. The Balaban J connectivity index is 1.48. The number of nitrogens with zero attached hydrogens (tertiary/aromatic N) is 1. The van der Waals surface area contributed by atoms with Crippen LogP contribution in [0.2, 0.25) is 0 Å². The molecule has 0 atom stereocenters. The van der Waals surface area contributed by atoms with Gasteiger partial charge >= 0.3 is 17.8 Å². The molecule has 0 saturated heterocycles. The SMILES string of the molecule is CCOc1ccc(NC(=O)C(=O)NN=Cc2c(OC(=O)c3ccc(OCC)cc3)ccc3ccccc23)cc1. The summed E-state index contributed by atoms with van der Waals surface area (Å²) in [5.74, 6) is -0.885. The smallest absolute Gasteiger partial charge is 0.343 e. The number of benzene rings is 4. The maximum absolute atomic E-state index is 12.8. The summed E-state index contributed by atoms with van der Waals surface area (Å²) >= 11 is 0. The Morgan fingerprint density at radius 3 is 2.08 bits per heavy atom. The van der Waals surface area contributed by atoms with Crippen molar-refractivity contribution in [3.63, 3.8) is 0 Å². The van der Waals surface area contributed by atoms with E-state index in [1.165, 1.54) is 6.21 Å². The molecule has 0 aromatic heterocycles. The van der Waals surface area contributed by atoms with Gasteiger partial charge in [-0.3, -0.25) is 9.59 Å². The van der Waals surface area contributed by atoms with Crippen molar-refractivity contribution in [1.29, 1.82) is 0 Å². The number of anilines is 1. The van der Waals surface area contributed by atoms with Gasteiger partial charge in [-0.2, -0.15) is 5.10 Å². The van der Waals surface area contributed by atoms with E-state index in [-0.39, 0.29) is 5.75 Å². The van der Waals surface area contributed by atoms with E-state index >= 15 is 0 Å². The minimum absolute atomic E-state index is 0.240. The van der Waals surface area contributed by atoms with Crippen LogP contribution in [0.1, 0.15) is 29.8 Å². The first-order chi connectivity index (χ1) is 19.0. The van der Waals surface area contributed by atoms with E-state index in [0.717, 1.165) is 10.8 Å². The van der Waals surface area contributed by atoms with Gasteiger partial charge in [0.1, 0.15) is 17.2 Å². The Kier molecular flexibility index (Phi) is 8.87. The molecule has 4 aromatic carbocycles. The number of esters is 1. The fourth-order valence-electron chi connectivity index (χ4n) is 3.71. The molecule has 0 aliphatic heterocycles. The predicted octanol–water partition coefficient (Wildman–Crippen LogP) is 4.95. The van der Waals surface area contributed by atoms with Gasteiger partial charge in [-0.15, -0.1) is 0 Å². The molecule has 0 bridgehead atoms. The predicted molar refractivity (Wildman–Crippen MR) is 148 cm³/mol. The third-order valence-corrected chi connectivity index (χ3v) is 5.52. The summed E-state index contributed by atoms with van der Waals surface area (Å²) in [6.07, 6.45) is 1.34. The lowest BCUT2D eigenvalue weighted by Crippen LogP contribution is -2.32.